The molecule has 0 saturated heterocycles. The molecule has 0 bridgehead atoms. The molecule has 0 unspecified atom stereocenters. The zero-order valence-electron chi connectivity index (χ0n) is 13.0. The predicted octanol–water partition coefficient (Wildman–Crippen LogP) is 4.17. The standard InChI is InChI=1S/C17H13F3N2O2S/c1-25(23,24)13-9-7-12(8-10-13)15-14(11-5-3-2-4-6-11)16(22-21-15)17(18,19)20/h2-10H,1H3,(H,21,22). The number of hydrogen-bond donors (Lipinski definition) is 1. The molecule has 8 heteroatoms. The Labute approximate surface area is 142 Å². The Balaban J connectivity index is 2.19. The van der Waals surface area contributed by atoms with Crippen LogP contribution in [-0.4, -0.2) is 24.9 Å². The van der Waals surface area contributed by atoms with Crippen molar-refractivity contribution in [1.82, 2.24) is 10.2 Å². The molecule has 1 aromatic heterocycles. The largest absolute Gasteiger partial charge is 0.435 e. The molecule has 0 amide bonds. The molecule has 1 N–H and O–H groups in total. The molecule has 0 aliphatic rings. The molecule has 0 aliphatic carbocycles. The molecule has 0 fully saturated rings. The first kappa shape index (κ1) is 17.2. The molecule has 25 heavy (non-hydrogen) atoms. The van der Waals surface area contributed by atoms with Crippen LogP contribution in [0.15, 0.2) is 59.5 Å². The van der Waals surface area contributed by atoms with Gasteiger partial charge in [0.2, 0.25) is 0 Å². The van der Waals surface area contributed by atoms with Gasteiger partial charge in [-0.2, -0.15) is 18.3 Å². The summed E-state index contributed by atoms with van der Waals surface area (Å²) in [5, 5.41) is 5.88. The van der Waals surface area contributed by atoms with Crippen LogP contribution in [0, 0.1) is 0 Å². The van der Waals surface area contributed by atoms with Crippen molar-refractivity contribution in [2.24, 2.45) is 0 Å². The number of benzene rings is 2. The Morgan fingerprint density at radius 3 is 2.04 bits per heavy atom. The van der Waals surface area contributed by atoms with Crippen LogP contribution < -0.4 is 0 Å². The maximum absolute atomic E-state index is 13.3. The van der Waals surface area contributed by atoms with Crippen molar-refractivity contribution < 1.29 is 21.6 Å². The molecule has 2 aromatic carbocycles. The zero-order valence-corrected chi connectivity index (χ0v) is 13.8. The number of alkyl halides is 3. The number of nitrogens with one attached hydrogen (secondary N) is 1. The predicted molar refractivity (Wildman–Crippen MR) is 87.6 cm³/mol. The molecule has 0 radical (unpaired) electrons. The van der Waals surface area contributed by atoms with Crippen molar-refractivity contribution in [3.05, 3.63) is 60.3 Å². The van der Waals surface area contributed by atoms with Gasteiger partial charge in [-0.25, -0.2) is 8.42 Å². The lowest BCUT2D eigenvalue weighted by molar-refractivity contribution is -0.140. The SMILES string of the molecule is CS(=O)(=O)c1ccc(-c2[nH]nc(C(F)(F)F)c2-c2ccccc2)cc1. The summed E-state index contributed by atoms with van der Waals surface area (Å²) in [6, 6.07) is 13.7. The van der Waals surface area contributed by atoms with Crippen molar-refractivity contribution in [3.8, 4) is 22.4 Å². The lowest BCUT2D eigenvalue weighted by Crippen LogP contribution is -2.07. The van der Waals surface area contributed by atoms with Gasteiger partial charge in [-0.3, -0.25) is 5.10 Å². The summed E-state index contributed by atoms with van der Waals surface area (Å²) in [6.07, 6.45) is -3.55. The van der Waals surface area contributed by atoms with Crippen molar-refractivity contribution in [1.29, 1.82) is 0 Å². The summed E-state index contributed by atoms with van der Waals surface area (Å²) in [4.78, 5) is 0.0908. The number of hydrogen-bond acceptors (Lipinski definition) is 3. The fraction of sp³-hybridized carbons (Fsp3) is 0.118. The lowest BCUT2D eigenvalue weighted by Gasteiger charge is -2.09. The van der Waals surface area contributed by atoms with E-state index in [9.17, 15) is 21.6 Å². The minimum Gasteiger partial charge on any atom is -0.277 e. The summed E-state index contributed by atoms with van der Waals surface area (Å²) < 4.78 is 63.0. The number of aromatic nitrogens is 2. The molecule has 3 rings (SSSR count). The third kappa shape index (κ3) is 3.43. The van der Waals surface area contributed by atoms with Crippen molar-refractivity contribution in [2.45, 2.75) is 11.1 Å². The monoisotopic (exact) mass is 366 g/mol. The van der Waals surface area contributed by atoms with E-state index in [4.69, 9.17) is 0 Å². The molecule has 3 aromatic rings. The van der Waals surface area contributed by atoms with E-state index in [-0.39, 0.29) is 16.2 Å². The molecule has 0 atom stereocenters. The summed E-state index contributed by atoms with van der Waals surface area (Å²) in [6.45, 7) is 0. The quantitative estimate of drug-likeness (QED) is 0.757. The van der Waals surface area contributed by atoms with Crippen molar-refractivity contribution in [3.63, 3.8) is 0 Å². The van der Waals surface area contributed by atoms with Gasteiger partial charge < -0.3 is 0 Å². The molecular formula is C17H13F3N2O2S. The van der Waals surface area contributed by atoms with E-state index in [2.05, 4.69) is 10.2 Å². The van der Waals surface area contributed by atoms with E-state index in [1.54, 1.807) is 30.3 Å². The van der Waals surface area contributed by atoms with Crippen LogP contribution in [0.3, 0.4) is 0 Å². The Hall–Kier alpha value is -2.61. The third-order valence-electron chi connectivity index (χ3n) is 3.67. The van der Waals surface area contributed by atoms with E-state index in [1.807, 2.05) is 0 Å². The molecule has 130 valence electrons. The smallest absolute Gasteiger partial charge is 0.277 e. The third-order valence-corrected chi connectivity index (χ3v) is 4.80. The van der Waals surface area contributed by atoms with E-state index in [0.29, 0.717) is 11.1 Å². The molecule has 0 spiro atoms. The van der Waals surface area contributed by atoms with Crippen LogP contribution in [0.1, 0.15) is 5.69 Å². The minimum absolute atomic E-state index is 0.0693. The Kier molecular flexibility index (Phi) is 4.16. The summed E-state index contributed by atoms with van der Waals surface area (Å²) >= 11 is 0. The van der Waals surface area contributed by atoms with Gasteiger partial charge in [-0.1, -0.05) is 42.5 Å². The second-order valence-corrected chi connectivity index (χ2v) is 7.50. The molecule has 0 saturated carbocycles. The topological polar surface area (TPSA) is 62.8 Å². The van der Waals surface area contributed by atoms with Crippen LogP contribution >= 0.6 is 0 Å². The first-order chi connectivity index (χ1) is 11.7. The van der Waals surface area contributed by atoms with Crippen LogP contribution in [0.5, 0.6) is 0 Å². The van der Waals surface area contributed by atoms with Gasteiger partial charge in [0.1, 0.15) is 0 Å². The van der Waals surface area contributed by atoms with Crippen LogP contribution in [-0.2, 0) is 16.0 Å². The number of halogens is 3. The van der Waals surface area contributed by atoms with E-state index in [1.165, 1.54) is 24.3 Å². The molecule has 4 nitrogen and oxygen atoms in total. The fourth-order valence-electron chi connectivity index (χ4n) is 2.51. The first-order valence-corrected chi connectivity index (χ1v) is 9.08. The summed E-state index contributed by atoms with van der Waals surface area (Å²) in [5.41, 5.74) is -0.125. The van der Waals surface area contributed by atoms with E-state index in [0.717, 1.165) is 6.26 Å². The second kappa shape index (κ2) is 6.03. The summed E-state index contributed by atoms with van der Waals surface area (Å²) in [7, 11) is -3.39. The summed E-state index contributed by atoms with van der Waals surface area (Å²) in [5.74, 6) is 0. The van der Waals surface area contributed by atoms with E-state index < -0.39 is 21.7 Å². The average Bonchev–Trinajstić information content (AvgIpc) is 3.00. The van der Waals surface area contributed by atoms with Crippen LogP contribution in [0.25, 0.3) is 22.4 Å². The number of rotatable bonds is 3. The maximum Gasteiger partial charge on any atom is 0.435 e. The number of sulfone groups is 1. The average molecular weight is 366 g/mol. The van der Waals surface area contributed by atoms with Gasteiger partial charge in [0.15, 0.2) is 15.5 Å². The van der Waals surface area contributed by atoms with Crippen LogP contribution in [0.2, 0.25) is 0 Å². The van der Waals surface area contributed by atoms with Crippen molar-refractivity contribution >= 4 is 9.84 Å². The number of aromatic amines is 1. The van der Waals surface area contributed by atoms with Gasteiger partial charge in [0.25, 0.3) is 0 Å². The Bertz CT molecular complexity index is 993. The maximum atomic E-state index is 13.3. The fourth-order valence-corrected chi connectivity index (χ4v) is 3.14. The molecule has 0 aliphatic heterocycles. The van der Waals surface area contributed by atoms with Gasteiger partial charge >= 0.3 is 6.18 Å². The number of nitrogens with zero attached hydrogens (tertiary/aromatic N) is 1. The Morgan fingerprint density at radius 2 is 1.52 bits per heavy atom. The molecule has 1 heterocycles. The van der Waals surface area contributed by atoms with Gasteiger partial charge in [-0.05, 0) is 17.7 Å². The minimum atomic E-state index is -4.62. The van der Waals surface area contributed by atoms with Crippen molar-refractivity contribution in [2.75, 3.05) is 6.26 Å². The highest BCUT2D eigenvalue weighted by molar-refractivity contribution is 7.90. The zero-order chi connectivity index (χ0) is 18.2. The first-order valence-electron chi connectivity index (χ1n) is 7.19. The highest BCUT2D eigenvalue weighted by Gasteiger charge is 2.38. The van der Waals surface area contributed by atoms with E-state index >= 15 is 0 Å². The van der Waals surface area contributed by atoms with Gasteiger partial charge in [0, 0.05) is 17.4 Å². The lowest BCUT2D eigenvalue weighted by atomic mass is 9.99. The number of H-pyrrole nitrogens is 1. The Morgan fingerprint density at radius 1 is 0.920 bits per heavy atom. The van der Waals surface area contributed by atoms with Gasteiger partial charge in [0.05, 0.1) is 10.6 Å². The van der Waals surface area contributed by atoms with Gasteiger partial charge in [-0.15, -0.1) is 0 Å². The highest BCUT2D eigenvalue weighted by Crippen LogP contribution is 2.41. The second-order valence-electron chi connectivity index (χ2n) is 5.48. The van der Waals surface area contributed by atoms with Crippen LogP contribution in [0.4, 0.5) is 13.2 Å². The molecular weight excluding hydrogens is 353 g/mol. The normalized spacial score (nSPS) is 12.3. The highest BCUT2D eigenvalue weighted by atomic mass is 32.2.